The molecule has 10 heteroatoms. The van der Waals surface area contributed by atoms with Gasteiger partial charge >= 0.3 is 0 Å². The minimum absolute atomic E-state index is 0.0571. The minimum Gasteiger partial charge on any atom is -0.497 e. The third-order valence-electron chi connectivity index (χ3n) is 5.74. The number of hydrogen-bond donors (Lipinski definition) is 4. The van der Waals surface area contributed by atoms with Crippen LogP contribution in [0.2, 0.25) is 0 Å². The van der Waals surface area contributed by atoms with E-state index in [2.05, 4.69) is 10.6 Å². The van der Waals surface area contributed by atoms with E-state index in [0.29, 0.717) is 5.75 Å². The first kappa shape index (κ1) is 23.7. The topological polar surface area (TPSA) is 134 Å². The molecule has 2 aromatic carbocycles. The van der Waals surface area contributed by atoms with Gasteiger partial charge in [-0.2, -0.15) is 0 Å². The summed E-state index contributed by atoms with van der Waals surface area (Å²) in [6.45, 7) is 0.274. The van der Waals surface area contributed by atoms with Crippen LogP contribution >= 0.6 is 0 Å². The summed E-state index contributed by atoms with van der Waals surface area (Å²) in [6, 6.07) is 14.7. The molecule has 1 aliphatic heterocycles. The van der Waals surface area contributed by atoms with E-state index in [1.54, 1.807) is 29.7 Å². The van der Waals surface area contributed by atoms with E-state index in [4.69, 9.17) is 4.74 Å². The molecule has 9 nitrogen and oxygen atoms in total. The molecule has 2 amide bonds. The molecule has 0 spiro atoms. The van der Waals surface area contributed by atoms with Crippen LogP contribution in [0.25, 0.3) is 0 Å². The highest BCUT2D eigenvalue weighted by atomic mass is 32.2. The maximum atomic E-state index is 14.0. The van der Waals surface area contributed by atoms with Gasteiger partial charge in [0.25, 0.3) is 5.91 Å². The van der Waals surface area contributed by atoms with Gasteiger partial charge in [0.1, 0.15) is 5.75 Å². The smallest absolute Gasteiger partial charge is 0.280 e. The van der Waals surface area contributed by atoms with Gasteiger partial charge in [0.2, 0.25) is 20.6 Å². The number of carbonyl (C=O) groups is 2. The molecule has 0 aromatic heterocycles. The van der Waals surface area contributed by atoms with Crippen molar-refractivity contribution in [3.05, 3.63) is 60.2 Å². The second kappa shape index (κ2) is 10.1. The largest absolute Gasteiger partial charge is 0.497 e. The third-order valence-corrected chi connectivity index (χ3v) is 8.14. The number of amides is 2. The molecule has 172 valence electrons. The highest BCUT2D eigenvalue weighted by molar-refractivity contribution is 7.93. The number of ether oxygens (including phenoxy) is 1. The summed E-state index contributed by atoms with van der Waals surface area (Å²) in [5, 5.41) is 15.3. The molecule has 1 heterocycles. The van der Waals surface area contributed by atoms with Crippen LogP contribution in [-0.2, 0) is 26.0 Å². The van der Waals surface area contributed by atoms with Crippen LogP contribution in [0.15, 0.2) is 59.5 Å². The predicted molar refractivity (Wildman–Crippen MR) is 116 cm³/mol. The lowest BCUT2D eigenvalue weighted by molar-refractivity contribution is -0.135. The lowest BCUT2D eigenvalue weighted by Gasteiger charge is -2.38. The van der Waals surface area contributed by atoms with E-state index >= 15 is 0 Å². The normalized spacial score (nSPS) is 18.7. The minimum atomic E-state index is -4.38. The van der Waals surface area contributed by atoms with Gasteiger partial charge in [0, 0.05) is 25.4 Å². The molecule has 4 N–H and O–H groups in total. The second-order valence-corrected chi connectivity index (χ2v) is 9.69. The number of rotatable bonds is 8. The molecule has 2 atom stereocenters. The Morgan fingerprint density at radius 1 is 1.16 bits per heavy atom. The molecule has 0 radical (unpaired) electrons. The number of sulfone groups is 1. The number of benzene rings is 2. The zero-order chi connectivity index (χ0) is 23.2. The van der Waals surface area contributed by atoms with Crippen molar-refractivity contribution in [1.29, 1.82) is 0 Å². The van der Waals surface area contributed by atoms with Crippen molar-refractivity contribution in [1.82, 2.24) is 16.1 Å². The summed E-state index contributed by atoms with van der Waals surface area (Å²) in [5.74, 6) is -1.63. The van der Waals surface area contributed by atoms with E-state index in [9.17, 15) is 23.2 Å². The highest BCUT2D eigenvalue weighted by Crippen LogP contribution is 2.37. The highest BCUT2D eigenvalue weighted by Gasteiger charge is 2.56. The summed E-state index contributed by atoms with van der Waals surface area (Å²) in [6.07, 6.45) is 0.447. The Labute approximate surface area is 187 Å². The van der Waals surface area contributed by atoms with Gasteiger partial charge in [-0.25, -0.2) is 13.9 Å². The molecule has 1 aliphatic rings. The van der Waals surface area contributed by atoms with Gasteiger partial charge in [-0.1, -0.05) is 30.3 Å². The van der Waals surface area contributed by atoms with Crippen molar-refractivity contribution < 1.29 is 28.0 Å². The van der Waals surface area contributed by atoms with Crippen LogP contribution < -0.4 is 20.9 Å². The Hall–Kier alpha value is -2.95. The average Bonchev–Trinajstić information content (AvgIpc) is 3.04. The zero-order valence-corrected chi connectivity index (χ0v) is 18.5. The molecule has 32 heavy (non-hydrogen) atoms. The van der Waals surface area contributed by atoms with Crippen molar-refractivity contribution in [2.75, 3.05) is 13.7 Å². The zero-order valence-electron chi connectivity index (χ0n) is 17.7. The summed E-state index contributed by atoms with van der Waals surface area (Å²) >= 11 is 0. The van der Waals surface area contributed by atoms with Gasteiger partial charge in [-0.15, -0.1) is 0 Å². The van der Waals surface area contributed by atoms with E-state index in [-0.39, 0.29) is 43.2 Å². The van der Waals surface area contributed by atoms with Crippen molar-refractivity contribution in [3.63, 3.8) is 0 Å². The van der Waals surface area contributed by atoms with E-state index in [1.807, 2.05) is 6.07 Å². The molecular weight excluding hydrogens is 434 g/mol. The molecule has 2 aromatic rings. The lowest BCUT2D eigenvalue weighted by atomic mass is 9.90. The average molecular weight is 462 g/mol. The summed E-state index contributed by atoms with van der Waals surface area (Å²) < 4.78 is 33.1. The predicted octanol–water partition coefficient (Wildman–Crippen LogP) is 1.38. The molecule has 0 saturated carbocycles. The van der Waals surface area contributed by atoms with E-state index in [1.165, 1.54) is 31.4 Å². The monoisotopic (exact) mass is 461 g/mol. The number of carbonyl (C=O) groups excluding carboxylic acids is 2. The molecule has 1 fully saturated rings. The van der Waals surface area contributed by atoms with Crippen molar-refractivity contribution in [2.24, 2.45) is 5.92 Å². The van der Waals surface area contributed by atoms with Crippen LogP contribution in [0.1, 0.15) is 24.8 Å². The Morgan fingerprint density at radius 3 is 2.47 bits per heavy atom. The Bertz CT molecular complexity index is 1040. The number of nitrogens with one attached hydrogen (secondary N) is 3. The standard InChI is InChI=1S/C22H27N3O6S/c1-31-18-8-10-19(11-9-18)32(29,30)22(21(27)25-28,17-7-12-20(26)23-14-13-17)24-15-16-5-3-2-4-6-16/h2-6,8-11,17,24,28H,7,12-15H2,1H3,(H,23,26)(H,25,27)/t17?,22-/m1/s1. The van der Waals surface area contributed by atoms with E-state index < -0.39 is 26.5 Å². The maximum absolute atomic E-state index is 14.0. The Morgan fingerprint density at radius 2 is 1.84 bits per heavy atom. The Balaban J connectivity index is 2.13. The van der Waals surface area contributed by atoms with Crippen molar-refractivity contribution in [2.45, 2.75) is 35.6 Å². The molecule has 1 saturated heterocycles. The van der Waals surface area contributed by atoms with Crippen LogP contribution in [-0.4, -0.2) is 44.0 Å². The number of methoxy groups -OCH3 is 1. The number of hydrogen-bond acceptors (Lipinski definition) is 7. The lowest BCUT2D eigenvalue weighted by Crippen LogP contribution is -2.65. The maximum Gasteiger partial charge on any atom is 0.280 e. The molecule has 1 unspecified atom stereocenters. The fourth-order valence-electron chi connectivity index (χ4n) is 4.03. The van der Waals surface area contributed by atoms with Gasteiger partial charge in [0.05, 0.1) is 12.0 Å². The molecular formula is C22H27N3O6S. The van der Waals surface area contributed by atoms with Gasteiger partial charge in [0.15, 0.2) is 0 Å². The first-order chi connectivity index (χ1) is 15.3. The van der Waals surface area contributed by atoms with Crippen LogP contribution in [0, 0.1) is 5.92 Å². The SMILES string of the molecule is COc1ccc(S(=O)(=O)[C@@](NCc2ccccc2)(C(=O)NO)C2CCNC(=O)CC2)cc1. The quantitative estimate of drug-likeness (QED) is 0.345. The van der Waals surface area contributed by atoms with Gasteiger partial charge in [-0.3, -0.25) is 20.1 Å². The fourth-order valence-corrected chi connectivity index (χ4v) is 6.12. The van der Waals surface area contributed by atoms with Crippen LogP contribution in [0.5, 0.6) is 5.75 Å². The van der Waals surface area contributed by atoms with Crippen molar-refractivity contribution >= 4 is 21.7 Å². The molecule has 0 bridgehead atoms. The third kappa shape index (κ3) is 4.62. The van der Waals surface area contributed by atoms with Crippen LogP contribution in [0.3, 0.4) is 0 Å². The first-order valence-corrected chi connectivity index (χ1v) is 11.7. The van der Waals surface area contributed by atoms with E-state index in [0.717, 1.165) is 5.56 Å². The fraction of sp³-hybridized carbons (Fsp3) is 0.364. The molecule has 3 rings (SSSR count). The molecule has 0 aliphatic carbocycles. The summed E-state index contributed by atoms with van der Waals surface area (Å²) in [7, 11) is -2.92. The number of hydroxylamine groups is 1. The first-order valence-electron chi connectivity index (χ1n) is 10.2. The van der Waals surface area contributed by atoms with Gasteiger partial charge in [-0.05, 0) is 42.7 Å². The van der Waals surface area contributed by atoms with Crippen LogP contribution in [0.4, 0.5) is 0 Å². The second-order valence-electron chi connectivity index (χ2n) is 7.57. The van der Waals surface area contributed by atoms with Crippen molar-refractivity contribution in [3.8, 4) is 5.75 Å². The summed E-state index contributed by atoms with van der Waals surface area (Å²) in [4.78, 5) is 22.8. The summed E-state index contributed by atoms with van der Waals surface area (Å²) in [5.41, 5.74) is 2.32. The van der Waals surface area contributed by atoms with Gasteiger partial charge < -0.3 is 10.1 Å². The Kier molecular flexibility index (Phi) is 7.49.